The number of carbonyl (C=O) groups excluding carboxylic acids is 2. The van der Waals surface area contributed by atoms with Gasteiger partial charge < -0.3 is 16.4 Å². The Kier molecular flexibility index (Phi) is 5.90. The lowest BCUT2D eigenvalue weighted by Gasteiger charge is -2.17. The molecule has 0 unspecified atom stereocenters. The Morgan fingerprint density at radius 1 is 1.29 bits per heavy atom. The number of hydrogen-bond donors (Lipinski definition) is 3. The summed E-state index contributed by atoms with van der Waals surface area (Å²) in [5.74, 6) is -0.180. The molecule has 0 aromatic heterocycles. The van der Waals surface area contributed by atoms with Crippen LogP contribution in [-0.2, 0) is 16.1 Å². The van der Waals surface area contributed by atoms with Crippen molar-refractivity contribution >= 4 is 17.5 Å². The maximum absolute atomic E-state index is 11.7. The van der Waals surface area contributed by atoms with Crippen LogP contribution >= 0.6 is 0 Å². The van der Waals surface area contributed by atoms with Crippen molar-refractivity contribution in [2.75, 3.05) is 5.32 Å². The third kappa shape index (κ3) is 6.90. The van der Waals surface area contributed by atoms with Crippen LogP contribution in [0.4, 0.5) is 5.69 Å². The summed E-state index contributed by atoms with van der Waals surface area (Å²) in [5.41, 5.74) is 6.95. The van der Waals surface area contributed by atoms with Crippen LogP contribution in [0.1, 0.15) is 39.7 Å². The van der Waals surface area contributed by atoms with Crippen molar-refractivity contribution in [3.63, 3.8) is 0 Å². The predicted molar refractivity (Wildman–Crippen MR) is 84.6 cm³/mol. The Labute approximate surface area is 126 Å². The summed E-state index contributed by atoms with van der Waals surface area (Å²) in [5, 5.41) is 5.66. The number of hydrogen-bond acceptors (Lipinski definition) is 3. The number of anilines is 1. The van der Waals surface area contributed by atoms with E-state index in [0.717, 1.165) is 11.3 Å². The van der Waals surface area contributed by atoms with Crippen molar-refractivity contribution in [2.45, 2.75) is 46.2 Å². The molecule has 0 aliphatic carbocycles. The van der Waals surface area contributed by atoms with E-state index in [1.54, 1.807) is 0 Å². The fraction of sp³-hybridized carbons (Fsp3) is 0.500. The minimum atomic E-state index is -0.517. The van der Waals surface area contributed by atoms with Gasteiger partial charge in [-0.1, -0.05) is 26.0 Å². The molecule has 4 N–H and O–H groups in total. The molecule has 0 radical (unpaired) electrons. The molecule has 0 aliphatic rings. The van der Waals surface area contributed by atoms with Gasteiger partial charge in [0.2, 0.25) is 11.8 Å². The third-order valence-electron chi connectivity index (χ3n) is 2.82. The van der Waals surface area contributed by atoms with E-state index < -0.39 is 5.54 Å². The number of rotatable bonds is 6. The molecule has 1 aromatic rings. The molecule has 5 nitrogen and oxygen atoms in total. The summed E-state index contributed by atoms with van der Waals surface area (Å²) >= 11 is 0. The molecular weight excluding hydrogens is 266 g/mol. The maximum Gasteiger partial charge on any atom is 0.226 e. The standard InChI is InChI=1S/C16H25N3O2/c1-11(2)15(21)19-13-7-5-6-12(8-13)10-18-14(20)9-16(3,4)17/h5-8,11H,9-10,17H2,1-4H3,(H,18,20)(H,19,21). The average Bonchev–Trinajstić information content (AvgIpc) is 2.34. The van der Waals surface area contributed by atoms with Gasteiger partial charge in [0.05, 0.1) is 0 Å². The molecule has 116 valence electrons. The van der Waals surface area contributed by atoms with Crippen LogP contribution in [0.2, 0.25) is 0 Å². The summed E-state index contributed by atoms with van der Waals surface area (Å²) in [6, 6.07) is 7.44. The maximum atomic E-state index is 11.7. The molecular formula is C16H25N3O2. The van der Waals surface area contributed by atoms with E-state index in [2.05, 4.69) is 10.6 Å². The van der Waals surface area contributed by atoms with Crippen LogP contribution in [0.3, 0.4) is 0 Å². The first-order valence-electron chi connectivity index (χ1n) is 7.13. The van der Waals surface area contributed by atoms with E-state index in [0.29, 0.717) is 6.54 Å². The third-order valence-corrected chi connectivity index (χ3v) is 2.82. The average molecular weight is 291 g/mol. The van der Waals surface area contributed by atoms with E-state index in [-0.39, 0.29) is 24.2 Å². The monoisotopic (exact) mass is 291 g/mol. The van der Waals surface area contributed by atoms with Crippen molar-refractivity contribution in [1.29, 1.82) is 0 Å². The van der Waals surface area contributed by atoms with Crippen LogP contribution in [0.25, 0.3) is 0 Å². The second-order valence-corrected chi connectivity index (χ2v) is 6.29. The highest BCUT2D eigenvalue weighted by atomic mass is 16.2. The van der Waals surface area contributed by atoms with E-state index in [4.69, 9.17) is 5.73 Å². The van der Waals surface area contributed by atoms with Crippen molar-refractivity contribution in [1.82, 2.24) is 5.32 Å². The van der Waals surface area contributed by atoms with E-state index in [9.17, 15) is 9.59 Å². The van der Waals surface area contributed by atoms with Crippen molar-refractivity contribution in [3.05, 3.63) is 29.8 Å². The van der Waals surface area contributed by atoms with Crippen LogP contribution in [-0.4, -0.2) is 17.4 Å². The first kappa shape index (κ1) is 17.2. The summed E-state index contributed by atoms with van der Waals surface area (Å²) in [7, 11) is 0. The van der Waals surface area contributed by atoms with Gasteiger partial charge in [-0.15, -0.1) is 0 Å². The molecule has 0 aliphatic heterocycles. The highest BCUT2D eigenvalue weighted by molar-refractivity contribution is 5.92. The Balaban J connectivity index is 2.57. The molecule has 1 aromatic carbocycles. The zero-order chi connectivity index (χ0) is 16.0. The van der Waals surface area contributed by atoms with E-state index in [1.807, 2.05) is 52.0 Å². The highest BCUT2D eigenvalue weighted by Crippen LogP contribution is 2.12. The van der Waals surface area contributed by atoms with Gasteiger partial charge in [0.25, 0.3) is 0 Å². The lowest BCUT2D eigenvalue weighted by atomic mass is 10.0. The van der Waals surface area contributed by atoms with Gasteiger partial charge in [-0.05, 0) is 31.5 Å². The van der Waals surface area contributed by atoms with Gasteiger partial charge in [0.1, 0.15) is 0 Å². The number of amides is 2. The van der Waals surface area contributed by atoms with Crippen LogP contribution in [0.15, 0.2) is 24.3 Å². The molecule has 0 bridgehead atoms. The normalized spacial score (nSPS) is 11.3. The summed E-state index contributed by atoms with van der Waals surface area (Å²) in [6.45, 7) is 7.73. The molecule has 0 fully saturated rings. The Bertz CT molecular complexity index is 504. The van der Waals surface area contributed by atoms with Gasteiger partial charge in [0.15, 0.2) is 0 Å². The minimum absolute atomic E-state index is 0.0268. The van der Waals surface area contributed by atoms with Crippen molar-refractivity contribution in [3.8, 4) is 0 Å². The summed E-state index contributed by atoms with van der Waals surface area (Å²) in [4.78, 5) is 23.4. The first-order chi connectivity index (χ1) is 9.67. The zero-order valence-corrected chi connectivity index (χ0v) is 13.2. The van der Waals surface area contributed by atoms with Gasteiger partial charge in [-0.2, -0.15) is 0 Å². The number of benzene rings is 1. The second-order valence-electron chi connectivity index (χ2n) is 6.29. The smallest absolute Gasteiger partial charge is 0.226 e. The molecule has 0 spiro atoms. The molecule has 1 rings (SSSR count). The fourth-order valence-corrected chi connectivity index (χ4v) is 1.72. The largest absolute Gasteiger partial charge is 0.352 e. The number of carbonyl (C=O) groups is 2. The zero-order valence-electron chi connectivity index (χ0n) is 13.2. The van der Waals surface area contributed by atoms with Crippen molar-refractivity contribution < 1.29 is 9.59 Å². The van der Waals surface area contributed by atoms with Gasteiger partial charge >= 0.3 is 0 Å². The summed E-state index contributed by atoms with van der Waals surface area (Å²) in [6.07, 6.45) is 0.275. The lowest BCUT2D eigenvalue weighted by molar-refractivity contribution is -0.122. The predicted octanol–water partition coefficient (Wildman–Crippen LogP) is 2.02. The molecule has 0 atom stereocenters. The lowest BCUT2D eigenvalue weighted by Crippen LogP contribution is -2.38. The van der Waals surface area contributed by atoms with E-state index in [1.165, 1.54) is 0 Å². The molecule has 0 saturated carbocycles. The van der Waals surface area contributed by atoms with Gasteiger partial charge in [0, 0.05) is 30.1 Å². The molecule has 5 heteroatoms. The number of nitrogens with one attached hydrogen (secondary N) is 2. The molecule has 2 amide bonds. The van der Waals surface area contributed by atoms with Crippen molar-refractivity contribution in [2.24, 2.45) is 11.7 Å². The van der Waals surface area contributed by atoms with E-state index >= 15 is 0 Å². The SMILES string of the molecule is CC(C)C(=O)Nc1cccc(CNC(=O)CC(C)(C)N)c1. The Morgan fingerprint density at radius 2 is 1.95 bits per heavy atom. The molecule has 0 heterocycles. The first-order valence-corrected chi connectivity index (χ1v) is 7.13. The number of nitrogens with two attached hydrogens (primary N) is 1. The molecule has 0 saturated heterocycles. The highest BCUT2D eigenvalue weighted by Gasteiger charge is 2.15. The molecule has 21 heavy (non-hydrogen) atoms. The van der Waals surface area contributed by atoms with Crippen LogP contribution < -0.4 is 16.4 Å². The second kappa shape index (κ2) is 7.22. The van der Waals surface area contributed by atoms with Crippen LogP contribution in [0, 0.1) is 5.92 Å². The quantitative estimate of drug-likeness (QED) is 0.749. The van der Waals surface area contributed by atoms with Gasteiger partial charge in [-0.25, -0.2) is 0 Å². The van der Waals surface area contributed by atoms with Gasteiger partial charge in [-0.3, -0.25) is 9.59 Å². The van der Waals surface area contributed by atoms with Crippen LogP contribution in [0.5, 0.6) is 0 Å². The Hall–Kier alpha value is -1.88. The minimum Gasteiger partial charge on any atom is -0.352 e. The fourth-order valence-electron chi connectivity index (χ4n) is 1.72. The Morgan fingerprint density at radius 3 is 2.52 bits per heavy atom. The topological polar surface area (TPSA) is 84.2 Å². The summed E-state index contributed by atoms with van der Waals surface area (Å²) < 4.78 is 0.